The van der Waals surface area contributed by atoms with Crippen molar-refractivity contribution >= 4 is 5.91 Å². The molecule has 0 aromatic carbocycles. The van der Waals surface area contributed by atoms with Crippen molar-refractivity contribution in [3.63, 3.8) is 0 Å². The van der Waals surface area contributed by atoms with Gasteiger partial charge in [0.2, 0.25) is 5.91 Å². The lowest BCUT2D eigenvalue weighted by Crippen LogP contribution is -2.34. The van der Waals surface area contributed by atoms with Crippen molar-refractivity contribution < 1.29 is 9.53 Å². The molecule has 0 bridgehead atoms. The second-order valence-corrected chi connectivity index (χ2v) is 6.55. The number of methoxy groups -OCH3 is 1. The number of ether oxygens (including phenoxy) is 1. The van der Waals surface area contributed by atoms with E-state index in [-0.39, 0.29) is 11.8 Å². The van der Waals surface area contributed by atoms with Gasteiger partial charge in [0.1, 0.15) is 5.75 Å². The van der Waals surface area contributed by atoms with Crippen LogP contribution in [0, 0.1) is 19.8 Å². The zero-order chi connectivity index (χ0) is 15.7. The first-order chi connectivity index (χ1) is 10.6. The average molecular weight is 303 g/mol. The largest absolute Gasteiger partial charge is 0.496 e. The summed E-state index contributed by atoms with van der Waals surface area (Å²) in [5.74, 6) is 1.29. The van der Waals surface area contributed by atoms with E-state index in [0.29, 0.717) is 6.04 Å². The summed E-state index contributed by atoms with van der Waals surface area (Å²) in [6.45, 7) is 6.64. The van der Waals surface area contributed by atoms with Crippen molar-refractivity contribution in [2.24, 2.45) is 5.92 Å². The number of likely N-dealkylation sites (tertiary alicyclic amines) is 1. The third-order valence-electron chi connectivity index (χ3n) is 4.69. The van der Waals surface area contributed by atoms with Gasteiger partial charge in [-0.1, -0.05) is 0 Å². The first-order valence-electron chi connectivity index (χ1n) is 8.10. The summed E-state index contributed by atoms with van der Waals surface area (Å²) in [7, 11) is 1.70. The fraction of sp³-hybridized carbons (Fsp3) is 0.647. The van der Waals surface area contributed by atoms with Crippen molar-refractivity contribution in [3.05, 3.63) is 23.0 Å². The molecular formula is C17H25N3O2. The summed E-state index contributed by atoms with van der Waals surface area (Å²) in [4.78, 5) is 19.0. The van der Waals surface area contributed by atoms with Crippen LogP contribution in [0.4, 0.5) is 0 Å². The van der Waals surface area contributed by atoms with Crippen LogP contribution in [0.2, 0.25) is 0 Å². The first kappa shape index (κ1) is 15.3. The van der Waals surface area contributed by atoms with Gasteiger partial charge >= 0.3 is 0 Å². The molecule has 1 aromatic rings. The van der Waals surface area contributed by atoms with Crippen LogP contribution < -0.4 is 10.1 Å². The Kier molecular flexibility index (Phi) is 4.34. The molecule has 5 heteroatoms. The smallest absolute Gasteiger partial charge is 0.224 e. The number of rotatable bonds is 5. The van der Waals surface area contributed by atoms with Gasteiger partial charge in [-0.15, -0.1) is 0 Å². The standard InChI is InChI=1S/C17H25N3O2/c1-11-8-18-15(12(2)16(11)22-3)10-20-7-6-13(9-20)17(21)19-14-4-5-14/h8,13-14H,4-7,9-10H2,1-3H3,(H,19,21). The van der Waals surface area contributed by atoms with Crippen molar-refractivity contribution in [1.82, 2.24) is 15.2 Å². The molecule has 120 valence electrons. The summed E-state index contributed by atoms with van der Waals surface area (Å²) in [5, 5.41) is 3.12. The van der Waals surface area contributed by atoms with Crippen molar-refractivity contribution in [3.8, 4) is 5.75 Å². The summed E-state index contributed by atoms with van der Waals surface area (Å²) in [6.07, 6.45) is 5.11. The summed E-state index contributed by atoms with van der Waals surface area (Å²) in [6, 6.07) is 0.451. The van der Waals surface area contributed by atoms with Crippen LogP contribution in [0.1, 0.15) is 36.1 Å². The van der Waals surface area contributed by atoms with Gasteiger partial charge < -0.3 is 10.1 Å². The Balaban J connectivity index is 1.61. The molecule has 1 aliphatic heterocycles. The number of carbonyl (C=O) groups is 1. The topological polar surface area (TPSA) is 54.5 Å². The van der Waals surface area contributed by atoms with Crippen LogP contribution in [0.15, 0.2) is 6.20 Å². The number of hydrogen-bond acceptors (Lipinski definition) is 4. The van der Waals surface area contributed by atoms with Crippen LogP contribution in [0.5, 0.6) is 5.75 Å². The number of aryl methyl sites for hydroxylation is 1. The molecule has 2 heterocycles. The van der Waals surface area contributed by atoms with Crippen LogP contribution in [-0.2, 0) is 11.3 Å². The van der Waals surface area contributed by atoms with Gasteiger partial charge in [-0.25, -0.2) is 0 Å². The minimum atomic E-state index is 0.133. The molecule has 0 radical (unpaired) electrons. The van der Waals surface area contributed by atoms with E-state index in [9.17, 15) is 4.79 Å². The Labute approximate surface area is 132 Å². The first-order valence-corrected chi connectivity index (χ1v) is 8.10. The SMILES string of the molecule is COc1c(C)cnc(CN2CCC(C(=O)NC3CC3)C2)c1C. The Morgan fingerprint density at radius 3 is 2.86 bits per heavy atom. The highest BCUT2D eigenvalue weighted by atomic mass is 16.5. The molecule has 0 spiro atoms. The minimum Gasteiger partial charge on any atom is -0.496 e. The highest BCUT2D eigenvalue weighted by Crippen LogP contribution is 2.27. The minimum absolute atomic E-state index is 0.133. The Bertz CT molecular complexity index is 569. The summed E-state index contributed by atoms with van der Waals surface area (Å²) in [5.41, 5.74) is 3.21. The monoisotopic (exact) mass is 303 g/mol. The number of amides is 1. The Morgan fingerprint density at radius 1 is 1.41 bits per heavy atom. The van der Waals surface area contributed by atoms with Gasteiger partial charge in [-0.2, -0.15) is 0 Å². The van der Waals surface area contributed by atoms with Gasteiger partial charge in [0, 0.05) is 36.5 Å². The maximum atomic E-state index is 12.1. The Hall–Kier alpha value is -1.62. The predicted molar refractivity (Wildman–Crippen MR) is 84.8 cm³/mol. The molecule has 1 atom stereocenters. The molecule has 2 fully saturated rings. The van der Waals surface area contributed by atoms with E-state index in [0.717, 1.165) is 61.5 Å². The lowest BCUT2D eigenvalue weighted by atomic mass is 10.1. The van der Waals surface area contributed by atoms with Crippen LogP contribution in [0.3, 0.4) is 0 Å². The number of carbonyl (C=O) groups excluding carboxylic acids is 1. The van der Waals surface area contributed by atoms with E-state index in [2.05, 4.69) is 22.1 Å². The summed E-state index contributed by atoms with van der Waals surface area (Å²) >= 11 is 0. The lowest BCUT2D eigenvalue weighted by molar-refractivity contribution is -0.124. The van der Waals surface area contributed by atoms with E-state index in [4.69, 9.17) is 4.74 Å². The zero-order valence-electron chi connectivity index (χ0n) is 13.7. The number of pyridine rings is 1. The van der Waals surface area contributed by atoms with E-state index >= 15 is 0 Å². The van der Waals surface area contributed by atoms with E-state index in [1.165, 1.54) is 0 Å². The van der Waals surface area contributed by atoms with Crippen LogP contribution in [0.25, 0.3) is 0 Å². The number of hydrogen-bond donors (Lipinski definition) is 1. The molecule has 1 amide bonds. The molecule has 1 aliphatic carbocycles. The molecule has 5 nitrogen and oxygen atoms in total. The third kappa shape index (κ3) is 3.24. The molecule has 1 N–H and O–H groups in total. The van der Waals surface area contributed by atoms with Crippen LogP contribution >= 0.6 is 0 Å². The van der Waals surface area contributed by atoms with Gasteiger partial charge in [-0.05, 0) is 39.7 Å². The predicted octanol–water partition coefficient (Wildman–Crippen LogP) is 1.81. The van der Waals surface area contributed by atoms with Gasteiger partial charge in [0.15, 0.2) is 0 Å². The third-order valence-corrected chi connectivity index (χ3v) is 4.69. The van der Waals surface area contributed by atoms with Crippen molar-refractivity contribution in [2.75, 3.05) is 20.2 Å². The normalized spacial score (nSPS) is 21.9. The Morgan fingerprint density at radius 2 is 2.18 bits per heavy atom. The number of nitrogens with one attached hydrogen (secondary N) is 1. The van der Waals surface area contributed by atoms with Crippen LogP contribution in [-0.4, -0.2) is 42.0 Å². The second kappa shape index (κ2) is 6.24. The maximum absolute atomic E-state index is 12.1. The number of nitrogens with zero attached hydrogens (tertiary/aromatic N) is 2. The van der Waals surface area contributed by atoms with Gasteiger partial charge in [-0.3, -0.25) is 14.7 Å². The molecule has 1 saturated carbocycles. The second-order valence-electron chi connectivity index (χ2n) is 6.55. The van der Waals surface area contributed by atoms with Crippen molar-refractivity contribution in [2.45, 2.75) is 45.7 Å². The molecule has 1 saturated heterocycles. The summed E-state index contributed by atoms with van der Waals surface area (Å²) < 4.78 is 5.47. The highest BCUT2D eigenvalue weighted by Gasteiger charge is 2.32. The molecule has 22 heavy (non-hydrogen) atoms. The molecule has 1 aromatic heterocycles. The number of aromatic nitrogens is 1. The van der Waals surface area contributed by atoms with Gasteiger partial charge in [0.25, 0.3) is 0 Å². The van der Waals surface area contributed by atoms with E-state index in [1.807, 2.05) is 13.1 Å². The molecular weight excluding hydrogens is 278 g/mol. The van der Waals surface area contributed by atoms with Gasteiger partial charge in [0.05, 0.1) is 18.7 Å². The molecule has 3 rings (SSSR count). The van der Waals surface area contributed by atoms with E-state index < -0.39 is 0 Å². The molecule has 1 unspecified atom stereocenters. The molecule has 2 aliphatic rings. The maximum Gasteiger partial charge on any atom is 0.224 e. The fourth-order valence-corrected chi connectivity index (χ4v) is 3.18. The zero-order valence-corrected chi connectivity index (χ0v) is 13.7. The lowest BCUT2D eigenvalue weighted by Gasteiger charge is -2.18. The van der Waals surface area contributed by atoms with E-state index in [1.54, 1.807) is 7.11 Å². The highest BCUT2D eigenvalue weighted by molar-refractivity contribution is 5.79. The fourth-order valence-electron chi connectivity index (χ4n) is 3.18. The quantitative estimate of drug-likeness (QED) is 0.901. The van der Waals surface area contributed by atoms with Crippen molar-refractivity contribution in [1.29, 1.82) is 0 Å². The average Bonchev–Trinajstić information content (AvgIpc) is 3.18.